The SMILES string of the molecule is NC(=O)CCCCCCCCCCC(O)CCCCCCCCCCCCCCCCCCC(O)CCCCCCCCCCC(N)=O. The summed E-state index contributed by atoms with van der Waals surface area (Å²) in [6, 6.07) is 0. The highest BCUT2D eigenvalue weighted by atomic mass is 16.3. The zero-order valence-electron chi connectivity index (χ0n) is 31.9. The molecule has 2 unspecified atom stereocenters. The zero-order valence-corrected chi connectivity index (χ0v) is 31.9. The number of carbonyl (C=O) groups is 2. The van der Waals surface area contributed by atoms with Crippen molar-refractivity contribution >= 4 is 11.8 Å². The van der Waals surface area contributed by atoms with Gasteiger partial charge in [-0.15, -0.1) is 0 Å². The van der Waals surface area contributed by atoms with Gasteiger partial charge in [0.2, 0.25) is 11.8 Å². The minimum atomic E-state index is -0.179. The van der Waals surface area contributed by atoms with Crippen molar-refractivity contribution in [1.29, 1.82) is 0 Å². The molecule has 0 aromatic heterocycles. The molecule has 0 heterocycles. The summed E-state index contributed by atoms with van der Waals surface area (Å²) in [5.41, 5.74) is 10.3. The number of carbonyl (C=O) groups excluding carboxylic acids is 2. The average Bonchev–Trinajstić information content (AvgIpc) is 3.05. The van der Waals surface area contributed by atoms with E-state index in [1.807, 2.05) is 0 Å². The maximum Gasteiger partial charge on any atom is 0.217 e. The van der Waals surface area contributed by atoms with Gasteiger partial charge < -0.3 is 21.7 Å². The van der Waals surface area contributed by atoms with Crippen molar-refractivity contribution in [2.24, 2.45) is 11.5 Å². The van der Waals surface area contributed by atoms with E-state index in [-0.39, 0.29) is 24.0 Å². The van der Waals surface area contributed by atoms with Crippen molar-refractivity contribution in [3.8, 4) is 0 Å². The molecule has 2 amide bonds. The fourth-order valence-corrected chi connectivity index (χ4v) is 7.00. The van der Waals surface area contributed by atoms with Crippen LogP contribution in [0.2, 0.25) is 0 Å². The topological polar surface area (TPSA) is 127 Å². The van der Waals surface area contributed by atoms with Crippen LogP contribution in [0.25, 0.3) is 0 Å². The Morgan fingerprint density at radius 1 is 0.292 bits per heavy atom. The first kappa shape index (κ1) is 46.9. The Balaban J connectivity index is 3.21. The molecule has 0 aliphatic rings. The highest BCUT2D eigenvalue weighted by Gasteiger charge is 2.05. The van der Waals surface area contributed by atoms with Crippen LogP contribution in [0.1, 0.15) is 244 Å². The number of hydrogen-bond acceptors (Lipinski definition) is 4. The summed E-state index contributed by atoms with van der Waals surface area (Å²) in [4.78, 5) is 21.4. The smallest absolute Gasteiger partial charge is 0.217 e. The third-order valence-electron chi connectivity index (χ3n) is 10.2. The first-order chi connectivity index (χ1) is 23.4. The largest absolute Gasteiger partial charge is 0.393 e. The number of hydrogen-bond donors (Lipinski definition) is 4. The van der Waals surface area contributed by atoms with E-state index in [0.717, 1.165) is 64.2 Å². The molecule has 2 atom stereocenters. The van der Waals surface area contributed by atoms with Crippen LogP contribution in [0.3, 0.4) is 0 Å². The number of aliphatic hydroxyl groups excluding tert-OH is 2. The third kappa shape index (κ3) is 41.0. The van der Waals surface area contributed by atoms with Gasteiger partial charge in [-0.05, 0) is 38.5 Å². The molecular formula is C42H84N2O4. The van der Waals surface area contributed by atoms with Gasteiger partial charge in [-0.3, -0.25) is 9.59 Å². The molecule has 48 heavy (non-hydrogen) atoms. The summed E-state index contributed by atoms with van der Waals surface area (Å²) in [6.07, 6.45) is 45.1. The Morgan fingerprint density at radius 3 is 0.604 bits per heavy atom. The lowest BCUT2D eigenvalue weighted by Gasteiger charge is -2.10. The first-order valence-corrected chi connectivity index (χ1v) is 21.3. The van der Waals surface area contributed by atoms with E-state index in [9.17, 15) is 19.8 Å². The van der Waals surface area contributed by atoms with E-state index in [0.29, 0.717) is 12.8 Å². The lowest BCUT2D eigenvalue weighted by molar-refractivity contribution is -0.119. The Morgan fingerprint density at radius 2 is 0.438 bits per heavy atom. The highest BCUT2D eigenvalue weighted by Crippen LogP contribution is 2.18. The molecule has 0 rings (SSSR count). The van der Waals surface area contributed by atoms with Crippen LogP contribution in [-0.2, 0) is 9.59 Å². The van der Waals surface area contributed by atoms with Crippen LogP contribution in [0, 0.1) is 0 Å². The molecule has 0 radical (unpaired) electrons. The highest BCUT2D eigenvalue weighted by molar-refractivity contribution is 5.73. The fraction of sp³-hybridized carbons (Fsp3) is 0.952. The summed E-state index contributed by atoms with van der Waals surface area (Å²) in [6.45, 7) is 0. The van der Waals surface area contributed by atoms with Crippen molar-refractivity contribution < 1.29 is 19.8 Å². The van der Waals surface area contributed by atoms with E-state index >= 15 is 0 Å². The van der Waals surface area contributed by atoms with Gasteiger partial charge in [0.1, 0.15) is 0 Å². The summed E-state index contributed by atoms with van der Waals surface area (Å²) in [5, 5.41) is 20.5. The van der Waals surface area contributed by atoms with E-state index in [2.05, 4.69) is 0 Å². The van der Waals surface area contributed by atoms with E-state index in [1.165, 1.54) is 167 Å². The fourth-order valence-electron chi connectivity index (χ4n) is 7.00. The van der Waals surface area contributed by atoms with Gasteiger partial charge in [-0.25, -0.2) is 0 Å². The predicted molar refractivity (Wildman–Crippen MR) is 206 cm³/mol. The minimum absolute atomic E-state index is 0.0986. The van der Waals surface area contributed by atoms with Crippen molar-refractivity contribution in [3.05, 3.63) is 0 Å². The number of primary amides is 2. The number of rotatable bonds is 41. The van der Waals surface area contributed by atoms with Crippen LogP contribution >= 0.6 is 0 Å². The van der Waals surface area contributed by atoms with Crippen molar-refractivity contribution in [2.75, 3.05) is 0 Å². The van der Waals surface area contributed by atoms with Crippen LogP contribution in [0.4, 0.5) is 0 Å². The van der Waals surface area contributed by atoms with Crippen molar-refractivity contribution in [1.82, 2.24) is 0 Å². The van der Waals surface area contributed by atoms with Crippen LogP contribution in [-0.4, -0.2) is 34.2 Å². The Hall–Kier alpha value is -1.14. The second-order valence-corrected chi connectivity index (χ2v) is 15.2. The summed E-state index contributed by atoms with van der Waals surface area (Å²) in [5.74, 6) is -0.358. The van der Waals surface area contributed by atoms with Gasteiger partial charge in [-0.2, -0.15) is 0 Å². The molecule has 0 saturated carbocycles. The molecule has 0 aromatic rings. The molecular weight excluding hydrogens is 596 g/mol. The molecule has 0 saturated heterocycles. The maximum atomic E-state index is 10.7. The van der Waals surface area contributed by atoms with Crippen molar-refractivity contribution in [3.63, 3.8) is 0 Å². The average molecular weight is 681 g/mol. The molecule has 0 spiro atoms. The molecule has 0 bridgehead atoms. The van der Waals surface area contributed by atoms with Gasteiger partial charge in [0.15, 0.2) is 0 Å². The quantitative estimate of drug-likeness (QED) is 0.0479. The lowest BCUT2D eigenvalue weighted by atomic mass is 10.0. The lowest BCUT2D eigenvalue weighted by Crippen LogP contribution is -2.09. The van der Waals surface area contributed by atoms with Crippen molar-refractivity contribution in [2.45, 2.75) is 256 Å². The number of aliphatic hydroxyl groups is 2. The predicted octanol–water partition coefficient (Wildman–Crippen LogP) is 11.5. The standard InChI is InChI=1S/C42H84N2O4/c43-41(47)37-31-25-19-13-11-17-23-29-35-39(45)33-27-21-15-9-7-5-3-1-2-4-6-8-10-16-22-28-34-40(46)36-30-24-18-12-14-20-26-32-38-42(44)48/h39-40,45-46H,1-38H2,(H2,43,47)(H2,44,48). The summed E-state index contributed by atoms with van der Waals surface area (Å²) < 4.78 is 0. The summed E-state index contributed by atoms with van der Waals surface area (Å²) in [7, 11) is 0. The number of amides is 2. The van der Waals surface area contributed by atoms with Crippen LogP contribution in [0.5, 0.6) is 0 Å². The van der Waals surface area contributed by atoms with Gasteiger partial charge >= 0.3 is 0 Å². The Kier molecular flexibility index (Phi) is 37.7. The van der Waals surface area contributed by atoms with Gasteiger partial charge in [0.05, 0.1) is 12.2 Å². The van der Waals surface area contributed by atoms with Gasteiger partial charge in [-0.1, -0.05) is 193 Å². The maximum absolute atomic E-state index is 10.7. The molecule has 0 aliphatic heterocycles. The number of unbranched alkanes of at least 4 members (excludes halogenated alkanes) is 29. The molecule has 6 nitrogen and oxygen atoms in total. The zero-order chi connectivity index (χ0) is 35.2. The summed E-state index contributed by atoms with van der Waals surface area (Å²) >= 11 is 0. The Labute approximate surface area is 298 Å². The Bertz CT molecular complexity index is 618. The van der Waals surface area contributed by atoms with Gasteiger partial charge in [0.25, 0.3) is 0 Å². The van der Waals surface area contributed by atoms with E-state index in [4.69, 9.17) is 11.5 Å². The molecule has 0 aromatic carbocycles. The number of nitrogens with two attached hydrogens (primary N) is 2. The molecule has 0 aliphatic carbocycles. The molecule has 286 valence electrons. The monoisotopic (exact) mass is 681 g/mol. The molecule has 6 N–H and O–H groups in total. The van der Waals surface area contributed by atoms with Crippen LogP contribution in [0.15, 0.2) is 0 Å². The second kappa shape index (κ2) is 38.7. The van der Waals surface area contributed by atoms with Gasteiger partial charge in [0, 0.05) is 12.8 Å². The normalized spacial score (nSPS) is 12.8. The molecule has 0 fully saturated rings. The molecule has 6 heteroatoms. The third-order valence-corrected chi connectivity index (χ3v) is 10.2. The first-order valence-electron chi connectivity index (χ1n) is 21.3. The van der Waals surface area contributed by atoms with Crippen LogP contribution < -0.4 is 11.5 Å². The minimum Gasteiger partial charge on any atom is -0.393 e. The second-order valence-electron chi connectivity index (χ2n) is 15.2. The van der Waals surface area contributed by atoms with E-state index < -0.39 is 0 Å². The van der Waals surface area contributed by atoms with E-state index in [1.54, 1.807) is 0 Å².